The van der Waals surface area contributed by atoms with Gasteiger partial charge in [0.1, 0.15) is 6.61 Å². The van der Waals surface area contributed by atoms with Crippen molar-refractivity contribution in [2.24, 2.45) is 0 Å². The lowest BCUT2D eigenvalue weighted by Gasteiger charge is -2.08. The second kappa shape index (κ2) is 34.8. The predicted octanol–water partition coefficient (Wildman–Crippen LogP) is 7.27. The molecule has 0 aromatic carbocycles. The van der Waals surface area contributed by atoms with Crippen molar-refractivity contribution in [3.63, 3.8) is 0 Å². The second-order valence-corrected chi connectivity index (χ2v) is 10.5. The van der Waals surface area contributed by atoms with Gasteiger partial charge in [0.2, 0.25) is 0 Å². The molecule has 0 unspecified atom stereocenters. The molecule has 8 heteroatoms. The number of alkyl halides is 1. The molecule has 0 saturated heterocycles. The summed E-state index contributed by atoms with van der Waals surface area (Å²) in [5.74, 6) is -0.118. The zero-order valence-electron chi connectivity index (χ0n) is 24.5. The number of halogens is 1. The maximum Gasteiger partial charge on any atom is 0.305 e. The van der Waals surface area contributed by atoms with Crippen molar-refractivity contribution in [3.8, 4) is 0 Å². The van der Waals surface area contributed by atoms with Gasteiger partial charge in [-0.1, -0.05) is 113 Å². The van der Waals surface area contributed by atoms with Crippen LogP contribution in [0.1, 0.15) is 110 Å². The smallest absolute Gasteiger partial charge is 0.305 e. The highest BCUT2D eigenvalue weighted by Gasteiger charge is 2.03. The van der Waals surface area contributed by atoms with E-state index in [1.54, 1.807) is 0 Å². The molecule has 0 rings (SSSR count). The van der Waals surface area contributed by atoms with Crippen molar-refractivity contribution >= 4 is 21.9 Å². The van der Waals surface area contributed by atoms with Crippen LogP contribution in [0.2, 0.25) is 0 Å². The highest BCUT2D eigenvalue weighted by atomic mass is 79.9. The Kier molecular flexibility index (Phi) is 34.5. The maximum atomic E-state index is 11.8. The van der Waals surface area contributed by atoms with Crippen LogP contribution in [-0.4, -0.2) is 84.0 Å². The number of ether oxygens (including phenoxy) is 6. The number of unbranched alkanes of at least 4 members (excludes halogenated alkanes) is 14. The fraction of sp³-hybridized carbons (Fsp3) is 0.967. The highest BCUT2D eigenvalue weighted by molar-refractivity contribution is 9.09. The molecule has 0 radical (unpaired) electrons. The fourth-order valence-corrected chi connectivity index (χ4v) is 4.19. The van der Waals surface area contributed by atoms with E-state index < -0.39 is 0 Å². The number of rotatable bonds is 33. The van der Waals surface area contributed by atoms with E-state index >= 15 is 0 Å². The first-order chi connectivity index (χ1) is 18.8. The Morgan fingerprint density at radius 2 is 0.763 bits per heavy atom. The Hall–Kier alpha value is -0.250. The van der Waals surface area contributed by atoms with Crippen LogP contribution in [0.15, 0.2) is 0 Å². The molecular formula is C30H59BrO7. The third kappa shape index (κ3) is 33.8. The molecule has 0 bridgehead atoms. The summed E-state index contributed by atoms with van der Waals surface area (Å²) in [7, 11) is 0. The van der Waals surface area contributed by atoms with E-state index in [9.17, 15) is 4.79 Å². The van der Waals surface area contributed by atoms with Crippen LogP contribution in [0.3, 0.4) is 0 Å². The molecule has 0 aromatic heterocycles. The Morgan fingerprint density at radius 3 is 1.13 bits per heavy atom. The molecule has 0 spiro atoms. The van der Waals surface area contributed by atoms with Crippen LogP contribution in [0.4, 0.5) is 0 Å². The van der Waals surface area contributed by atoms with E-state index in [1.165, 1.54) is 83.5 Å². The molecule has 0 aliphatic rings. The van der Waals surface area contributed by atoms with Crippen molar-refractivity contribution in [2.45, 2.75) is 110 Å². The summed E-state index contributed by atoms with van der Waals surface area (Å²) in [5.41, 5.74) is 0. The molecule has 0 saturated carbocycles. The van der Waals surface area contributed by atoms with E-state index in [0.717, 1.165) is 18.2 Å². The highest BCUT2D eigenvalue weighted by Crippen LogP contribution is 2.13. The summed E-state index contributed by atoms with van der Waals surface area (Å²) in [6, 6.07) is 0. The van der Waals surface area contributed by atoms with Crippen molar-refractivity contribution in [2.75, 3.05) is 78.0 Å². The summed E-state index contributed by atoms with van der Waals surface area (Å²) in [6.45, 7) is 8.00. The number of esters is 1. The number of carbonyl (C=O) groups excluding carboxylic acids is 1. The predicted molar refractivity (Wildman–Crippen MR) is 158 cm³/mol. The van der Waals surface area contributed by atoms with Crippen LogP contribution >= 0.6 is 15.9 Å². The van der Waals surface area contributed by atoms with Crippen LogP contribution in [0, 0.1) is 0 Å². The molecule has 0 aliphatic carbocycles. The van der Waals surface area contributed by atoms with Crippen LogP contribution in [0.5, 0.6) is 0 Å². The molecule has 228 valence electrons. The van der Waals surface area contributed by atoms with Gasteiger partial charge in [-0.15, -0.1) is 0 Å². The Morgan fingerprint density at radius 1 is 0.447 bits per heavy atom. The van der Waals surface area contributed by atoms with Gasteiger partial charge in [-0.25, -0.2) is 0 Å². The molecule has 0 atom stereocenters. The van der Waals surface area contributed by atoms with Gasteiger partial charge in [0.25, 0.3) is 0 Å². The summed E-state index contributed by atoms with van der Waals surface area (Å²) < 4.78 is 32.2. The standard InChI is InChI=1S/C30H59BrO7/c1-2-3-4-5-6-7-8-9-10-11-12-13-14-15-16-17-30(32)38-29-28-37-27-26-36-25-24-35-23-22-34-21-20-33-19-18-31/h2-29H2,1H3. The molecule has 0 N–H and O–H groups in total. The molecule has 0 heterocycles. The Balaban J connectivity index is 3.14. The van der Waals surface area contributed by atoms with E-state index in [-0.39, 0.29) is 5.97 Å². The van der Waals surface area contributed by atoms with Gasteiger partial charge < -0.3 is 28.4 Å². The molecule has 0 aliphatic heterocycles. The lowest BCUT2D eigenvalue weighted by molar-refractivity contribution is -0.145. The third-order valence-electron chi connectivity index (χ3n) is 6.18. The van der Waals surface area contributed by atoms with E-state index in [2.05, 4.69) is 22.9 Å². The van der Waals surface area contributed by atoms with E-state index in [1.807, 2.05) is 0 Å². The molecular weight excluding hydrogens is 552 g/mol. The van der Waals surface area contributed by atoms with Gasteiger partial charge in [-0.2, -0.15) is 0 Å². The molecule has 0 amide bonds. The van der Waals surface area contributed by atoms with Crippen molar-refractivity contribution < 1.29 is 33.2 Å². The normalized spacial score (nSPS) is 11.3. The number of carbonyl (C=O) groups is 1. The van der Waals surface area contributed by atoms with Crippen LogP contribution in [-0.2, 0) is 33.2 Å². The summed E-state index contributed by atoms with van der Waals surface area (Å²) >= 11 is 3.30. The quantitative estimate of drug-likeness (QED) is 0.0439. The van der Waals surface area contributed by atoms with Gasteiger partial charge in [-0.3, -0.25) is 4.79 Å². The van der Waals surface area contributed by atoms with Gasteiger partial charge in [0.15, 0.2) is 0 Å². The molecule has 38 heavy (non-hydrogen) atoms. The van der Waals surface area contributed by atoms with Crippen LogP contribution in [0.25, 0.3) is 0 Å². The largest absolute Gasteiger partial charge is 0.463 e. The first-order valence-electron chi connectivity index (χ1n) is 15.4. The molecule has 7 nitrogen and oxygen atoms in total. The van der Waals surface area contributed by atoms with E-state index in [4.69, 9.17) is 28.4 Å². The first kappa shape index (κ1) is 37.8. The van der Waals surface area contributed by atoms with Crippen molar-refractivity contribution in [1.82, 2.24) is 0 Å². The summed E-state index contributed by atoms with van der Waals surface area (Å²) in [5, 5.41) is 0.841. The SMILES string of the molecule is CCCCCCCCCCCCCCCCCC(=O)OCCOCCOCCOCCOCCOCCBr. The Bertz CT molecular complexity index is 454. The summed E-state index contributed by atoms with van der Waals surface area (Å²) in [4.78, 5) is 11.8. The minimum atomic E-state index is -0.118. The zero-order chi connectivity index (χ0) is 27.6. The second-order valence-electron chi connectivity index (χ2n) is 9.67. The average Bonchev–Trinajstić information content (AvgIpc) is 2.92. The topological polar surface area (TPSA) is 72.5 Å². The van der Waals surface area contributed by atoms with Gasteiger partial charge >= 0.3 is 5.97 Å². The Labute approximate surface area is 242 Å². The monoisotopic (exact) mass is 610 g/mol. The molecule has 0 fully saturated rings. The van der Waals surface area contributed by atoms with Crippen molar-refractivity contribution in [3.05, 3.63) is 0 Å². The zero-order valence-corrected chi connectivity index (χ0v) is 26.1. The molecule has 0 aromatic rings. The van der Waals surface area contributed by atoms with Crippen molar-refractivity contribution in [1.29, 1.82) is 0 Å². The third-order valence-corrected chi connectivity index (χ3v) is 6.51. The van der Waals surface area contributed by atoms with Gasteiger partial charge in [0.05, 0.1) is 66.1 Å². The van der Waals surface area contributed by atoms with Gasteiger partial charge in [0, 0.05) is 11.8 Å². The fourth-order valence-electron chi connectivity index (χ4n) is 3.96. The number of hydrogen-bond acceptors (Lipinski definition) is 7. The van der Waals surface area contributed by atoms with Crippen LogP contribution < -0.4 is 0 Å². The minimum absolute atomic E-state index is 0.118. The number of hydrogen-bond donors (Lipinski definition) is 0. The minimum Gasteiger partial charge on any atom is -0.463 e. The maximum absolute atomic E-state index is 11.8. The average molecular weight is 612 g/mol. The summed E-state index contributed by atoms with van der Waals surface area (Å²) in [6.07, 6.45) is 20.4. The first-order valence-corrected chi connectivity index (χ1v) is 16.5. The van der Waals surface area contributed by atoms with E-state index in [0.29, 0.717) is 79.1 Å². The lowest BCUT2D eigenvalue weighted by atomic mass is 10.0. The van der Waals surface area contributed by atoms with Gasteiger partial charge in [-0.05, 0) is 6.42 Å². The lowest BCUT2D eigenvalue weighted by Crippen LogP contribution is -2.15.